The molecule has 0 amide bonds. The minimum Gasteiger partial charge on any atom is -0.397 e. The molecule has 1 heterocycles. The summed E-state index contributed by atoms with van der Waals surface area (Å²) >= 11 is 6.81. The van der Waals surface area contributed by atoms with E-state index in [2.05, 4.69) is 0 Å². The summed E-state index contributed by atoms with van der Waals surface area (Å²) in [7, 11) is 0. The Morgan fingerprint density at radius 1 is 1.38 bits per heavy atom. The van der Waals surface area contributed by atoms with Gasteiger partial charge in [-0.15, -0.1) is 11.3 Å². The lowest BCUT2D eigenvalue weighted by molar-refractivity contribution is 0.629. The first kappa shape index (κ1) is 10.9. The number of hydrogen-bond acceptors (Lipinski definition) is 3. The van der Waals surface area contributed by atoms with Gasteiger partial charge in [0.2, 0.25) is 0 Å². The minimum atomic E-state index is -0.482. The topological polar surface area (TPSA) is 49.8 Å². The molecule has 5 heteroatoms. The molecular formula is C11H6ClFN2S. The zero-order chi connectivity index (χ0) is 11.7. The highest BCUT2D eigenvalue weighted by molar-refractivity contribution is 7.16. The Balaban J connectivity index is 2.51. The zero-order valence-corrected chi connectivity index (χ0v) is 9.57. The molecule has 2 rings (SSSR count). The summed E-state index contributed by atoms with van der Waals surface area (Å²) in [6.07, 6.45) is 0. The van der Waals surface area contributed by atoms with Gasteiger partial charge in [0.15, 0.2) is 0 Å². The second-order valence-corrected chi connectivity index (χ2v) is 4.60. The van der Waals surface area contributed by atoms with E-state index in [9.17, 15) is 4.39 Å². The molecule has 0 saturated carbocycles. The Morgan fingerprint density at radius 2 is 2.12 bits per heavy atom. The molecule has 0 saturated heterocycles. The quantitative estimate of drug-likeness (QED) is 0.842. The summed E-state index contributed by atoms with van der Waals surface area (Å²) in [5, 5.41) is 8.84. The van der Waals surface area contributed by atoms with E-state index >= 15 is 0 Å². The fraction of sp³-hybridized carbons (Fsp3) is 0. The summed E-state index contributed by atoms with van der Waals surface area (Å²) in [4.78, 5) is 1.19. The molecule has 2 nitrogen and oxygen atoms in total. The fourth-order valence-corrected chi connectivity index (χ4v) is 2.27. The van der Waals surface area contributed by atoms with Crippen LogP contribution in [0.5, 0.6) is 0 Å². The number of hydrogen-bond donors (Lipinski definition) is 1. The summed E-state index contributed by atoms with van der Waals surface area (Å²) in [5.74, 6) is -0.482. The van der Waals surface area contributed by atoms with Gasteiger partial charge in [0.1, 0.15) is 16.8 Å². The largest absolute Gasteiger partial charge is 0.397 e. The van der Waals surface area contributed by atoms with Crippen LogP contribution in [0.2, 0.25) is 5.02 Å². The van der Waals surface area contributed by atoms with E-state index in [1.165, 1.54) is 23.5 Å². The molecule has 0 radical (unpaired) electrons. The lowest BCUT2D eigenvalue weighted by Gasteiger charge is -1.98. The third-order valence-electron chi connectivity index (χ3n) is 2.07. The van der Waals surface area contributed by atoms with Crippen LogP contribution < -0.4 is 5.73 Å². The van der Waals surface area contributed by atoms with Crippen LogP contribution >= 0.6 is 22.9 Å². The van der Waals surface area contributed by atoms with Crippen LogP contribution in [0, 0.1) is 17.1 Å². The SMILES string of the molecule is N#Cc1sc(-c2ccc(Cl)c(F)c2)cc1N. The molecule has 1 aromatic heterocycles. The monoisotopic (exact) mass is 252 g/mol. The van der Waals surface area contributed by atoms with Crippen molar-refractivity contribution in [3.8, 4) is 16.5 Å². The third-order valence-corrected chi connectivity index (χ3v) is 3.48. The highest BCUT2D eigenvalue weighted by Gasteiger charge is 2.09. The van der Waals surface area contributed by atoms with Gasteiger partial charge in [-0.3, -0.25) is 0 Å². The second kappa shape index (κ2) is 4.12. The zero-order valence-electron chi connectivity index (χ0n) is 8.00. The number of nitriles is 1. The van der Waals surface area contributed by atoms with Gasteiger partial charge in [-0.2, -0.15) is 5.26 Å². The van der Waals surface area contributed by atoms with Crippen molar-refractivity contribution in [3.05, 3.63) is 40.0 Å². The molecule has 0 fully saturated rings. The molecule has 0 bridgehead atoms. The molecule has 0 unspecified atom stereocenters. The fourth-order valence-electron chi connectivity index (χ4n) is 1.28. The first-order valence-corrected chi connectivity index (χ1v) is 5.56. The normalized spacial score (nSPS) is 10.1. The van der Waals surface area contributed by atoms with E-state index in [0.29, 0.717) is 16.1 Å². The van der Waals surface area contributed by atoms with E-state index in [-0.39, 0.29) is 5.02 Å². The third kappa shape index (κ3) is 1.87. The van der Waals surface area contributed by atoms with Crippen molar-refractivity contribution in [2.24, 2.45) is 0 Å². The average Bonchev–Trinajstić information content (AvgIpc) is 2.64. The number of nitrogen functional groups attached to an aromatic ring is 1. The van der Waals surface area contributed by atoms with Crippen molar-refractivity contribution in [2.45, 2.75) is 0 Å². The van der Waals surface area contributed by atoms with Gasteiger partial charge in [-0.1, -0.05) is 17.7 Å². The maximum absolute atomic E-state index is 13.2. The Kier molecular flexibility index (Phi) is 2.82. The number of nitrogens with zero attached hydrogens (tertiary/aromatic N) is 1. The van der Waals surface area contributed by atoms with Crippen molar-refractivity contribution >= 4 is 28.6 Å². The Hall–Kier alpha value is -1.57. The molecule has 1 aromatic carbocycles. The Morgan fingerprint density at radius 3 is 2.69 bits per heavy atom. The van der Waals surface area contributed by atoms with Gasteiger partial charge in [0, 0.05) is 4.88 Å². The predicted molar refractivity (Wildman–Crippen MR) is 63.9 cm³/mol. The molecular weight excluding hydrogens is 247 g/mol. The summed E-state index contributed by atoms with van der Waals surface area (Å²) in [6, 6.07) is 8.14. The summed E-state index contributed by atoms with van der Waals surface area (Å²) in [6.45, 7) is 0. The molecule has 0 aliphatic heterocycles. The lowest BCUT2D eigenvalue weighted by atomic mass is 10.2. The Labute approximate surface area is 101 Å². The Bertz CT molecular complexity index is 586. The van der Waals surface area contributed by atoms with Crippen LogP contribution in [0.1, 0.15) is 4.88 Å². The number of nitrogens with two attached hydrogens (primary N) is 1. The van der Waals surface area contributed by atoms with Crippen molar-refractivity contribution in [2.75, 3.05) is 5.73 Å². The van der Waals surface area contributed by atoms with E-state index in [1.807, 2.05) is 6.07 Å². The van der Waals surface area contributed by atoms with E-state index in [4.69, 9.17) is 22.6 Å². The van der Waals surface area contributed by atoms with Crippen LogP contribution in [0.15, 0.2) is 24.3 Å². The number of thiophene rings is 1. The van der Waals surface area contributed by atoms with E-state index in [1.54, 1.807) is 12.1 Å². The average molecular weight is 253 g/mol. The molecule has 80 valence electrons. The molecule has 0 aliphatic rings. The predicted octanol–water partition coefficient (Wildman–Crippen LogP) is 3.66. The van der Waals surface area contributed by atoms with Crippen molar-refractivity contribution in [1.29, 1.82) is 5.26 Å². The molecule has 0 spiro atoms. The number of rotatable bonds is 1. The first-order chi connectivity index (χ1) is 7.61. The highest BCUT2D eigenvalue weighted by atomic mass is 35.5. The van der Waals surface area contributed by atoms with Gasteiger partial charge in [0.05, 0.1) is 10.7 Å². The van der Waals surface area contributed by atoms with E-state index in [0.717, 1.165) is 4.88 Å². The summed E-state index contributed by atoms with van der Waals surface area (Å²) < 4.78 is 13.2. The maximum atomic E-state index is 13.2. The van der Waals surface area contributed by atoms with Gasteiger partial charge in [0.25, 0.3) is 0 Å². The lowest BCUT2D eigenvalue weighted by Crippen LogP contribution is -1.82. The van der Waals surface area contributed by atoms with Crippen molar-refractivity contribution in [1.82, 2.24) is 0 Å². The minimum absolute atomic E-state index is 0.0776. The van der Waals surface area contributed by atoms with Crippen LogP contribution in [-0.2, 0) is 0 Å². The standard InChI is InChI=1S/C11H6ClFN2S/c12-7-2-1-6(3-8(7)13)10-4-9(15)11(5-14)16-10/h1-4H,15H2. The molecule has 0 atom stereocenters. The second-order valence-electron chi connectivity index (χ2n) is 3.14. The summed E-state index contributed by atoms with van der Waals surface area (Å²) in [5.41, 5.74) is 6.71. The van der Waals surface area contributed by atoms with Crippen molar-refractivity contribution < 1.29 is 4.39 Å². The number of benzene rings is 1. The molecule has 16 heavy (non-hydrogen) atoms. The van der Waals surface area contributed by atoms with Crippen LogP contribution in [0.3, 0.4) is 0 Å². The maximum Gasteiger partial charge on any atom is 0.142 e. The van der Waals surface area contributed by atoms with Crippen LogP contribution in [0.25, 0.3) is 10.4 Å². The molecule has 2 aromatic rings. The molecule has 0 aliphatic carbocycles. The first-order valence-electron chi connectivity index (χ1n) is 4.36. The van der Waals surface area contributed by atoms with Gasteiger partial charge in [-0.05, 0) is 23.8 Å². The van der Waals surface area contributed by atoms with Gasteiger partial charge < -0.3 is 5.73 Å². The van der Waals surface area contributed by atoms with Crippen molar-refractivity contribution in [3.63, 3.8) is 0 Å². The van der Waals surface area contributed by atoms with Gasteiger partial charge >= 0.3 is 0 Å². The molecule has 2 N–H and O–H groups in total. The highest BCUT2D eigenvalue weighted by Crippen LogP contribution is 2.33. The van der Waals surface area contributed by atoms with E-state index < -0.39 is 5.82 Å². The number of anilines is 1. The van der Waals surface area contributed by atoms with Crippen LogP contribution in [0.4, 0.5) is 10.1 Å². The smallest absolute Gasteiger partial charge is 0.142 e. The van der Waals surface area contributed by atoms with Crippen LogP contribution in [-0.4, -0.2) is 0 Å². The van der Waals surface area contributed by atoms with Gasteiger partial charge in [-0.25, -0.2) is 4.39 Å². The number of halogens is 2.